The van der Waals surface area contributed by atoms with Gasteiger partial charge in [0.2, 0.25) is 21.8 Å². The van der Waals surface area contributed by atoms with E-state index in [1.165, 1.54) is 16.4 Å². The monoisotopic (exact) mass is 454 g/mol. The molecule has 0 saturated carbocycles. The van der Waals surface area contributed by atoms with Crippen molar-refractivity contribution in [2.75, 3.05) is 57.0 Å². The highest BCUT2D eigenvalue weighted by Crippen LogP contribution is 2.21. The standard InChI is InChI=1S/C21H31FN4O4S/c1-31(29,30)26-11-2-3-17(8-10-23-20(27)9-12-26)21(28)25-15-13-24(14-16-25)19-6-4-18(22)5-7-19/h4-7,17H,2-3,8-16H2,1H3,(H,23,27)/t17-/m0/s1. The molecule has 0 aromatic heterocycles. The van der Waals surface area contributed by atoms with Gasteiger partial charge in [-0.15, -0.1) is 0 Å². The first-order valence-electron chi connectivity index (χ1n) is 10.7. The first kappa shape index (κ1) is 23.5. The Kier molecular flexibility index (Phi) is 7.88. The third-order valence-corrected chi connectivity index (χ3v) is 7.27. The van der Waals surface area contributed by atoms with Crippen LogP contribution in [0.2, 0.25) is 0 Å². The topological polar surface area (TPSA) is 90.0 Å². The maximum atomic E-state index is 13.2. The zero-order chi connectivity index (χ0) is 22.4. The van der Waals surface area contributed by atoms with E-state index < -0.39 is 10.0 Å². The van der Waals surface area contributed by atoms with Crippen LogP contribution in [0.1, 0.15) is 25.7 Å². The van der Waals surface area contributed by atoms with Crippen LogP contribution in [0.3, 0.4) is 0 Å². The number of hydrogen-bond donors (Lipinski definition) is 1. The molecule has 0 unspecified atom stereocenters. The number of carbonyl (C=O) groups is 2. The number of rotatable bonds is 3. The van der Waals surface area contributed by atoms with Crippen LogP contribution >= 0.6 is 0 Å². The lowest BCUT2D eigenvalue weighted by atomic mass is 9.97. The molecule has 3 rings (SSSR count). The Morgan fingerprint density at radius 1 is 1.03 bits per heavy atom. The van der Waals surface area contributed by atoms with Gasteiger partial charge in [-0.1, -0.05) is 0 Å². The molecule has 0 bridgehead atoms. The van der Waals surface area contributed by atoms with Gasteiger partial charge in [-0.25, -0.2) is 17.1 Å². The van der Waals surface area contributed by atoms with Crippen LogP contribution in [0.15, 0.2) is 24.3 Å². The van der Waals surface area contributed by atoms with Crippen molar-refractivity contribution in [3.63, 3.8) is 0 Å². The van der Waals surface area contributed by atoms with Crippen molar-refractivity contribution < 1.29 is 22.4 Å². The average molecular weight is 455 g/mol. The molecule has 10 heteroatoms. The largest absolute Gasteiger partial charge is 0.368 e. The van der Waals surface area contributed by atoms with E-state index in [9.17, 15) is 22.4 Å². The van der Waals surface area contributed by atoms with E-state index in [0.29, 0.717) is 58.5 Å². The predicted octanol–water partition coefficient (Wildman–Crippen LogP) is 1.04. The average Bonchev–Trinajstić information content (AvgIpc) is 2.78. The van der Waals surface area contributed by atoms with Crippen LogP contribution in [-0.4, -0.2) is 81.5 Å². The molecule has 172 valence electrons. The Morgan fingerprint density at radius 3 is 2.35 bits per heavy atom. The van der Waals surface area contributed by atoms with E-state index in [2.05, 4.69) is 10.2 Å². The Labute approximate surface area is 183 Å². The summed E-state index contributed by atoms with van der Waals surface area (Å²) in [6, 6.07) is 6.35. The molecule has 2 fully saturated rings. The zero-order valence-electron chi connectivity index (χ0n) is 17.9. The van der Waals surface area contributed by atoms with Crippen LogP contribution in [-0.2, 0) is 19.6 Å². The van der Waals surface area contributed by atoms with E-state index in [4.69, 9.17) is 0 Å². The highest BCUT2D eigenvalue weighted by Gasteiger charge is 2.28. The van der Waals surface area contributed by atoms with Crippen molar-refractivity contribution in [2.45, 2.75) is 25.7 Å². The zero-order valence-corrected chi connectivity index (χ0v) is 18.7. The fourth-order valence-corrected chi connectivity index (χ4v) is 5.03. The van der Waals surface area contributed by atoms with Crippen LogP contribution < -0.4 is 10.2 Å². The minimum Gasteiger partial charge on any atom is -0.368 e. The lowest BCUT2D eigenvalue weighted by Crippen LogP contribution is -2.50. The molecule has 1 aromatic carbocycles. The summed E-state index contributed by atoms with van der Waals surface area (Å²) in [5.74, 6) is -0.670. The van der Waals surface area contributed by atoms with Crippen molar-refractivity contribution >= 4 is 27.5 Å². The summed E-state index contributed by atoms with van der Waals surface area (Å²) in [5.41, 5.74) is 0.937. The summed E-state index contributed by atoms with van der Waals surface area (Å²) in [6.45, 7) is 3.38. The first-order valence-corrected chi connectivity index (χ1v) is 12.6. The van der Waals surface area contributed by atoms with Crippen molar-refractivity contribution in [3.8, 4) is 0 Å². The minimum absolute atomic E-state index is 0.0538. The van der Waals surface area contributed by atoms with E-state index in [1.807, 2.05) is 4.90 Å². The van der Waals surface area contributed by atoms with E-state index in [0.717, 1.165) is 11.9 Å². The molecule has 2 aliphatic rings. The van der Waals surface area contributed by atoms with Gasteiger partial charge in [-0.05, 0) is 43.5 Å². The van der Waals surface area contributed by atoms with Gasteiger partial charge >= 0.3 is 0 Å². The van der Waals surface area contributed by atoms with Crippen molar-refractivity contribution in [1.82, 2.24) is 14.5 Å². The van der Waals surface area contributed by atoms with E-state index in [1.54, 1.807) is 12.1 Å². The highest BCUT2D eigenvalue weighted by molar-refractivity contribution is 7.88. The number of nitrogens with one attached hydrogen (secondary N) is 1. The summed E-state index contributed by atoms with van der Waals surface area (Å²) < 4.78 is 38.4. The normalized spacial score (nSPS) is 22.5. The number of sulfonamides is 1. The fourth-order valence-electron chi connectivity index (χ4n) is 4.14. The Bertz CT molecular complexity index is 870. The summed E-state index contributed by atoms with van der Waals surface area (Å²) in [4.78, 5) is 29.1. The fraction of sp³-hybridized carbons (Fsp3) is 0.619. The van der Waals surface area contributed by atoms with Gasteiger partial charge in [0.05, 0.1) is 6.26 Å². The first-order chi connectivity index (χ1) is 14.7. The molecule has 2 heterocycles. The van der Waals surface area contributed by atoms with Gasteiger partial charge in [0.25, 0.3) is 0 Å². The molecule has 0 spiro atoms. The predicted molar refractivity (Wildman–Crippen MR) is 117 cm³/mol. The Balaban J connectivity index is 1.59. The highest BCUT2D eigenvalue weighted by atomic mass is 32.2. The van der Waals surface area contributed by atoms with Crippen LogP contribution in [0.5, 0.6) is 0 Å². The second-order valence-electron chi connectivity index (χ2n) is 8.18. The second-order valence-corrected chi connectivity index (χ2v) is 10.2. The lowest BCUT2D eigenvalue weighted by molar-refractivity contribution is -0.136. The minimum atomic E-state index is -3.39. The Morgan fingerprint density at radius 2 is 1.71 bits per heavy atom. The summed E-state index contributed by atoms with van der Waals surface area (Å²) in [7, 11) is -3.39. The summed E-state index contributed by atoms with van der Waals surface area (Å²) >= 11 is 0. The van der Waals surface area contributed by atoms with Gasteiger partial charge in [0.1, 0.15) is 5.82 Å². The molecular formula is C21H31FN4O4S. The van der Waals surface area contributed by atoms with Gasteiger partial charge in [0, 0.05) is 63.8 Å². The number of hydrogen-bond acceptors (Lipinski definition) is 5. The number of nitrogens with zero attached hydrogens (tertiary/aromatic N) is 3. The molecule has 0 radical (unpaired) electrons. The van der Waals surface area contributed by atoms with Gasteiger partial charge in [-0.3, -0.25) is 9.59 Å². The lowest BCUT2D eigenvalue weighted by Gasteiger charge is -2.37. The van der Waals surface area contributed by atoms with Crippen molar-refractivity contribution in [3.05, 3.63) is 30.1 Å². The van der Waals surface area contributed by atoms with Crippen LogP contribution in [0, 0.1) is 11.7 Å². The van der Waals surface area contributed by atoms with E-state index in [-0.39, 0.29) is 36.5 Å². The second kappa shape index (κ2) is 10.4. The molecular weight excluding hydrogens is 423 g/mol. The molecule has 2 amide bonds. The van der Waals surface area contributed by atoms with Gasteiger partial charge in [-0.2, -0.15) is 0 Å². The summed E-state index contributed by atoms with van der Waals surface area (Å²) in [6.07, 6.45) is 2.97. The summed E-state index contributed by atoms with van der Waals surface area (Å²) in [5, 5.41) is 2.80. The molecule has 2 aliphatic heterocycles. The van der Waals surface area contributed by atoms with Crippen LogP contribution in [0.25, 0.3) is 0 Å². The third kappa shape index (κ3) is 6.64. The molecule has 31 heavy (non-hydrogen) atoms. The Hall–Kier alpha value is -2.20. The third-order valence-electron chi connectivity index (χ3n) is 5.96. The number of piperazine rings is 1. The quantitative estimate of drug-likeness (QED) is 0.737. The number of benzene rings is 1. The maximum Gasteiger partial charge on any atom is 0.225 e. The van der Waals surface area contributed by atoms with E-state index >= 15 is 0 Å². The SMILES string of the molecule is CS(=O)(=O)N1CCC[C@H](C(=O)N2CCN(c3ccc(F)cc3)CC2)CCNC(=O)CC1. The van der Waals surface area contributed by atoms with Gasteiger partial charge in [0.15, 0.2) is 0 Å². The molecule has 0 aliphatic carbocycles. The van der Waals surface area contributed by atoms with Crippen molar-refractivity contribution in [2.24, 2.45) is 5.92 Å². The number of carbonyl (C=O) groups excluding carboxylic acids is 2. The number of amides is 2. The number of halogens is 1. The number of anilines is 1. The molecule has 1 N–H and O–H groups in total. The molecule has 1 atom stereocenters. The maximum absolute atomic E-state index is 13.2. The molecule has 1 aromatic rings. The molecule has 2 saturated heterocycles. The molecule has 8 nitrogen and oxygen atoms in total. The van der Waals surface area contributed by atoms with Gasteiger partial charge < -0.3 is 15.1 Å². The van der Waals surface area contributed by atoms with Crippen LogP contribution in [0.4, 0.5) is 10.1 Å². The van der Waals surface area contributed by atoms with Crippen molar-refractivity contribution in [1.29, 1.82) is 0 Å². The smallest absolute Gasteiger partial charge is 0.225 e.